The third-order valence-corrected chi connectivity index (χ3v) is 8.74. The second-order valence-corrected chi connectivity index (χ2v) is 11.2. The molecule has 1 fully saturated rings. The molecule has 2 heterocycles. The first-order valence-electron chi connectivity index (χ1n) is 11.0. The number of alkyl halides is 9. The van der Waals surface area contributed by atoms with Gasteiger partial charge in [0.1, 0.15) is 4.21 Å². The topological polar surface area (TPSA) is 124 Å². The van der Waals surface area contributed by atoms with Crippen LogP contribution in [0.5, 0.6) is 0 Å². The van der Waals surface area contributed by atoms with E-state index in [0.717, 1.165) is 17.4 Å². The summed E-state index contributed by atoms with van der Waals surface area (Å²) < 4.78 is 138. The van der Waals surface area contributed by atoms with Crippen LogP contribution in [-0.4, -0.2) is 80.2 Å². The van der Waals surface area contributed by atoms with E-state index in [-0.39, 0.29) is 48.2 Å². The first kappa shape index (κ1) is 34.2. The third kappa shape index (κ3) is 7.62. The zero-order chi connectivity index (χ0) is 31.4. The molecule has 41 heavy (non-hydrogen) atoms. The largest absolute Gasteiger partial charge is 0.490 e. The molecule has 0 saturated carbocycles. The zero-order valence-electron chi connectivity index (χ0n) is 20.3. The van der Waals surface area contributed by atoms with Crippen LogP contribution in [0.2, 0.25) is 0 Å². The lowest BCUT2D eigenvalue weighted by Crippen LogP contribution is -2.54. The van der Waals surface area contributed by atoms with E-state index in [1.54, 1.807) is 16.3 Å². The van der Waals surface area contributed by atoms with Gasteiger partial charge in [0.15, 0.2) is 0 Å². The number of benzene rings is 1. The number of carbonyl (C=O) groups is 1. The van der Waals surface area contributed by atoms with Gasteiger partial charge in [-0.1, -0.05) is 24.0 Å². The van der Waals surface area contributed by atoms with E-state index in [2.05, 4.69) is 11.8 Å². The molecule has 3 rings (SSSR count). The van der Waals surface area contributed by atoms with Gasteiger partial charge in [0, 0.05) is 37.3 Å². The van der Waals surface area contributed by atoms with Crippen LogP contribution in [0.3, 0.4) is 0 Å². The van der Waals surface area contributed by atoms with Crippen molar-refractivity contribution in [1.82, 2.24) is 4.31 Å². The first-order chi connectivity index (χ1) is 18.7. The summed E-state index contributed by atoms with van der Waals surface area (Å²) in [5, 5.41) is 18.5. The van der Waals surface area contributed by atoms with Crippen LogP contribution >= 0.6 is 11.3 Å². The van der Waals surface area contributed by atoms with Crippen molar-refractivity contribution in [1.29, 1.82) is 0 Å². The number of aliphatic hydroxyl groups is 1. The number of nitrogens with two attached hydrogens (primary N) is 1. The van der Waals surface area contributed by atoms with Gasteiger partial charge in [-0.3, -0.25) is 0 Å². The fourth-order valence-corrected chi connectivity index (χ4v) is 6.04. The molecular formula is C22H20F9N3O5S2. The highest BCUT2D eigenvalue weighted by atomic mass is 32.2. The average molecular weight is 642 g/mol. The molecule has 0 amide bonds. The number of piperazine rings is 1. The molecule has 0 unspecified atom stereocenters. The number of hydrogen-bond acceptors (Lipinski definition) is 7. The number of anilines is 1. The maximum absolute atomic E-state index is 13.3. The van der Waals surface area contributed by atoms with Gasteiger partial charge in [0.05, 0.1) is 12.2 Å². The van der Waals surface area contributed by atoms with Gasteiger partial charge < -0.3 is 20.8 Å². The van der Waals surface area contributed by atoms with Crippen LogP contribution in [0.15, 0.2) is 39.9 Å². The Morgan fingerprint density at radius 3 is 1.93 bits per heavy atom. The molecule has 2 aromatic rings. The van der Waals surface area contributed by atoms with E-state index in [4.69, 9.17) is 15.6 Å². The Kier molecular flexibility index (Phi) is 10.4. The smallest absolute Gasteiger partial charge is 0.475 e. The molecule has 19 heteroatoms. The van der Waals surface area contributed by atoms with Crippen LogP contribution < -0.4 is 10.6 Å². The molecule has 0 spiro atoms. The summed E-state index contributed by atoms with van der Waals surface area (Å²) in [4.78, 5) is 10.5. The van der Waals surface area contributed by atoms with E-state index in [9.17, 15) is 53.0 Å². The van der Waals surface area contributed by atoms with E-state index >= 15 is 0 Å². The van der Waals surface area contributed by atoms with Crippen LogP contribution in [0.1, 0.15) is 11.1 Å². The summed E-state index contributed by atoms with van der Waals surface area (Å²) in [6.45, 7) is 0.106. The number of sulfonamides is 1. The summed E-state index contributed by atoms with van der Waals surface area (Å²) in [5.74, 6) is 2.09. The van der Waals surface area contributed by atoms with Crippen molar-refractivity contribution in [3.63, 3.8) is 0 Å². The Labute approximate surface area is 230 Å². The lowest BCUT2D eigenvalue weighted by Gasteiger charge is -2.36. The van der Waals surface area contributed by atoms with Crippen molar-refractivity contribution < 1.29 is 62.9 Å². The second-order valence-electron chi connectivity index (χ2n) is 8.07. The van der Waals surface area contributed by atoms with Gasteiger partial charge in [0.25, 0.3) is 15.6 Å². The van der Waals surface area contributed by atoms with Crippen molar-refractivity contribution in [2.75, 3.05) is 37.6 Å². The van der Waals surface area contributed by atoms with E-state index in [1.165, 1.54) is 10.4 Å². The van der Waals surface area contributed by atoms with Crippen LogP contribution in [0.4, 0.5) is 45.2 Å². The third-order valence-electron chi connectivity index (χ3n) is 5.47. The molecule has 4 N–H and O–H groups in total. The number of thiophene rings is 1. The number of nitrogens with zero attached hydrogens (tertiary/aromatic N) is 2. The average Bonchev–Trinajstić information content (AvgIpc) is 3.41. The summed E-state index contributed by atoms with van der Waals surface area (Å²) in [6.07, 6.45) is -17.2. The summed E-state index contributed by atoms with van der Waals surface area (Å²) in [7, 11) is -3.71. The monoisotopic (exact) mass is 641 g/mol. The Hall–Kier alpha value is -3.05. The molecule has 0 aliphatic carbocycles. The van der Waals surface area contributed by atoms with Gasteiger partial charge in [0.2, 0.25) is 0 Å². The quantitative estimate of drug-likeness (QED) is 0.345. The maximum Gasteiger partial charge on any atom is 0.490 e. The Bertz CT molecular complexity index is 1360. The molecule has 0 radical (unpaired) electrons. The SMILES string of the molecule is NCC#Cc1cc(C(O)(C(F)(F)F)C(F)(F)F)ccc1N1CCN(S(=O)(=O)c2cccs2)CC1.O=C(O)C(F)(F)F. The predicted molar refractivity (Wildman–Crippen MR) is 127 cm³/mol. The summed E-state index contributed by atoms with van der Waals surface area (Å²) >= 11 is 1.06. The van der Waals surface area contributed by atoms with Crippen molar-refractivity contribution in [2.45, 2.75) is 28.3 Å². The highest BCUT2D eigenvalue weighted by Crippen LogP contribution is 2.50. The molecule has 1 aromatic heterocycles. The highest BCUT2D eigenvalue weighted by Gasteiger charge is 2.71. The molecule has 228 valence electrons. The van der Waals surface area contributed by atoms with Crippen molar-refractivity contribution in [3.05, 3.63) is 46.8 Å². The van der Waals surface area contributed by atoms with Gasteiger partial charge in [-0.15, -0.1) is 11.3 Å². The minimum Gasteiger partial charge on any atom is -0.475 e. The zero-order valence-corrected chi connectivity index (χ0v) is 21.9. The van der Waals surface area contributed by atoms with Gasteiger partial charge >= 0.3 is 24.5 Å². The fraction of sp³-hybridized carbons (Fsp3) is 0.409. The number of aliphatic carboxylic acids is 1. The predicted octanol–water partition coefficient (Wildman–Crippen LogP) is 3.51. The van der Waals surface area contributed by atoms with E-state index in [0.29, 0.717) is 12.1 Å². The van der Waals surface area contributed by atoms with Gasteiger partial charge in [-0.05, 0) is 23.6 Å². The molecule has 0 atom stereocenters. The molecule has 1 aliphatic rings. The lowest BCUT2D eigenvalue weighted by molar-refractivity contribution is -0.376. The van der Waals surface area contributed by atoms with Gasteiger partial charge in [-0.25, -0.2) is 13.2 Å². The van der Waals surface area contributed by atoms with Crippen LogP contribution in [0, 0.1) is 11.8 Å². The number of carboxylic acids is 1. The minimum absolute atomic E-state index is 0.0424. The highest BCUT2D eigenvalue weighted by molar-refractivity contribution is 7.91. The Balaban J connectivity index is 0.000000745. The lowest BCUT2D eigenvalue weighted by atomic mass is 9.90. The van der Waals surface area contributed by atoms with Crippen molar-refractivity contribution in [3.8, 4) is 11.8 Å². The van der Waals surface area contributed by atoms with Crippen molar-refractivity contribution >= 4 is 33.0 Å². The van der Waals surface area contributed by atoms with Crippen LogP contribution in [-0.2, 0) is 20.4 Å². The molecule has 1 aliphatic heterocycles. The first-order valence-corrected chi connectivity index (χ1v) is 13.3. The fourth-order valence-electron chi connectivity index (χ4n) is 3.48. The molecular weight excluding hydrogens is 621 g/mol. The molecule has 8 nitrogen and oxygen atoms in total. The minimum atomic E-state index is -6.03. The number of rotatable bonds is 4. The molecule has 0 bridgehead atoms. The van der Waals surface area contributed by atoms with Gasteiger partial charge in [-0.2, -0.15) is 43.8 Å². The summed E-state index contributed by atoms with van der Waals surface area (Å²) in [6, 6.07) is 5.14. The second kappa shape index (κ2) is 12.4. The van der Waals surface area contributed by atoms with Crippen LogP contribution in [0.25, 0.3) is 0 Å². The normalized spacial score (nSPS) is 15.4. The molecule has 1 aromatic carbocycles. The Morgan fingerprint density at radius 1 is 0.976 bits per heavy atom. The molecule has 1 saturated heterocycles. The van der Waals surface area contributed by atoms with Crippen molar-refractivity contribution in [2.24, 2.45) is 5.73 Å². The number of hydrogen-bond donors (Lipinski definition) is 3. The number of halogens is 9. The van der Waals surface area contributed by atoms with E-state index < -0.39 is 45.7 Å². The summed E-state index contributed by atoms with van der Waals surface area (Å²) in [5.41, 5.74) is -1.22. The standard InChI is InChI=1S/C20H19F6N3O3S2.C2HF3O2/c21-19(22,23)18(30,20(24,25)26)15-5-6-16(14(13-15)3-1-7-27)28-8-10-29(11-9-28)34(31,32)17-4-2-12-33-17;3-2(4,5)1(6)7/h2,4-6,12-13,30H,7-11,27H2;(H,6,7). The maximum atomic E-state index is 13.3. The van der Waals surface area contributed by atoms with E-state index in [1.807, 2.05) is 0 Å². The number of carboxylic acid groups (broad SMARTS) is 1. The Morgan fingerprint density at radius 2 is 1.51 bits per heavy atom.